The predicted molar refractivity (Wildman–Crippen MR) is 67.0 cm³/mol. The summed E-state index contributed by atoms with van der Waals surface area (Å²) in [6.45, 7) is 4.28. The lowest BCUT2D eigenvalue weighted by atomic mass is 10.1. The van der Waals surface area contributed by atoms with Crippen LogP contribution < -0.4 is 10.6 Å². The van der Waals surface area contributed by atoms with Gasteiger partial charge in [0.25, 0.3) is 0 Å². The summed E-state index contributed by atoms with van der Waals surface area (Å²) in [7, 11) is 0. The van der Waals surface area contributed by atoms with Crippen LogP contribution in [0.1, 0.15) is 20.3 Å². The van der Waals surface area contributed by atoms with Crippen LogP contribution in [-0.4, -0.2) is 45.5 Å². The van der Waals surface area contributed by atoms with Crippen molar-refractivity contribution in [2.45, 2.75) is 25.8 Å². The van der Waals surface area contributed by atoms with Crippen LogP contribution in [0, 0.1) is 0 Å². The summed E-state index contributed by atoms with van der Waals surface area (Å²) in [5.74, 6) is 1.30. The molecule has 0 aliphatic heterocycles. The Hall–Kier alpha value is -1.40. The van der Waals surface area contributed by atoms with E-state index in [1.54, 1.807) is 13.0 Å². The Balaban J connectivity index is 2.71. The third kappa shape index (κ3) is 4.16. The Morgan fingerprint density at radius 3 is 2.47 bits per heavy atom. The number of hydrogen-bond donors (Lipinski definition) is 4. The molecule has 0 fully saturated rings. The molecule has 0 bridgehead atoms. The van der Waals surface area contributed by atoms with Gasteiger partial charge in [-0.1, -0.05) is 6.92 Å². The van der Waals surface area contributed by atoms with Gasteiger partial charge in [0.2, 0.25) is 0 Å². The molecule has 6 nitrogen and oxygen atoms in total. The summed E-state index contributed by atoms with van der Waals surface area (Å²) >= 11 is 0. The molecule has 4 N–H and O–H groups in total. The maximum Gasteiger partial charge on any atom is 0.132 e. The molecule has 0 aliphatic carbocycles. The van der Waals surface area contributed by atoms with Crippen molar-refractivity contribution in [3.63, 3.8) is 0 Å². The highest BCUT2D eigenvalue weighted by atomic mass is 16.3. The van der Waals surface area contributed by atoms with Gasteiger partial charge in [-0.25, -0.2) is 9.97 Å². The average molecular weight is 240 g/mol. The highest BCUT2D eigenvalue weighted by Gasteiger charge is 2.22. The number of aliphatic hydroxyl groups is 2. The average Bonchev–Trinajstić information content (AvgIpc) is 2.36. The minimum absolute atomic E-state index is 0.175. The van der Waals surface area contributed by atoms with Crippen molar-refractivity contribution in [2.75, 3.05) is 30.4 Å². The standard InChI is InChI=1S/C11H20N4O2/c1-3-4-12-9-5-10(14-8-13-9)15-11(2,6-16)7-17/h5,8,16-17H,3-4,6-7H2,1-2H3,(H2,12,13,14,15). The van der Waals surface area contributed by atoms with E-state index in [1.807, 2.05) is 0 Å². The van der Waals surface area contributed by atoms with Gasteiger partial charge < -0.3 is 20.8 Å². The molecule has 0 aliphatic rings. The van der Waals surface area contributed by atoms with E-state index < -0.39 is 5.54 Å². The zero-order valence-electron chi connectivity index (χ0n) is 10.3. The first-order valence-electron chi connectivity index (χ1n) is 5.69. The number of aromatic nitrogens is 2. The molecule has 1 aromatic rings. The van der Waals surface area contributed by atoms with Crippen molar-refractivity contribution >= 4 is 11.6 Å². The minimum Gasteiger partial charge on any atom is -0.394 e. The third-order valence-corrected chi connectivity index (χ3v) is 2.35. The van der Waals surface area contributed by atoms with Gasteiger partial charge in [0, 0.05) is 12.6 Å². The van der Waals surface area contributed by atoms with E-state index in [2.05, 4.69) is 27.5 Å². The zero-order chi connectivity index (χ0) is 12.7. The Labute approximate surface area is 101 Å². The summed E-state index contributed by atoms with van der Waals surface area (Å²) in [5.41, 5.74) is -0.781. The van der Waals surface area contributed by atoms with Gasteiger partial charge >= 0.3 is 0 Å². The first kappa shape index (κ1) is 13.7. The van der Waals surface area contributed by atoms with Gasteiger partial charge in [-0.15, -0.1) is 0 Å². The number of rotatable bonds is 7. The van der Waals surface area contributed by atoms with Crippen LogP contribution in [0.25, 0.3) is 0 Å². The summed E-state index contributed by atoms with van der Waals surface area (Å²) < 4.78 is 0. The molecule has 0 saturated heterocycles. The zero-order valence-corrected chi connectivity index (χ0v) is 10.3. The summed E-state index contributed by atoms with van der Waals surface area (Å²) in [5, 5.41) is 24.5. The number of nitrogens with zero attached hydrogens (tertiary/aromatic N) is 2. The van der Waals surface area contributed by atoms with Crippen molar-refractivity contribution in [2.24, 2.45) is 0 Å². The molecule has 0 amide bonds. The molecule has 0 unspecified atom stereocenters. The molecule has 0 aromatic carbocycles. The second-order valence-electron chi connectivity index (χ2n) is 4.22. The third-order valence-electron chi connectivity index (χ3n) is 2.35. The largest absolute Gasteiger partial charge is 0.394 e. The van der Waals surface area contributed by atoms with Crippen molar-refractivity contribution in [3.05, 3.63) is 12.4 Å². The van der Waals surface area contributed by atoms with Crippen LogP contribution in [0.3, 0.4) is 0 Å². The smallest absolute Gasteiger partial charge is 0.132 e. The molecule has 17 heavy (non-hydrogen) atoms. The highest BCUT2D eigenvalue weighted by Crippen LogP contribution is 2.14. The first-order chi connectivity index (χ1) is 8.13. The number of anilines is 2. The Morgan fingerprint density at radius 2 is 1.88 bits per heavy atom. The van der Waals surface area contributed by atoms with E-state index in [9.17, 15) is 10.2 Å². The highest BCUT2D eigenvalue weighted by molar-refractivity contribution is 5.47. The monoisotopic (exact) mass is 240 g/mol. The molecule has 6 heteroatoms. The number of hydrogen-bond acceptors (Lipinski definition) is 6. The van der Waals surface area contributed by atoms with Crippen LogP contribution in [0.15, 0.2) is 12.4 Å². The molecule has 1 aromatic heterocycles. The quantitative estimate of drug-likeness (QED) is 0.553. The molecule has 0 saturated carbocycles. The molecular weight excluding hydrogens is 220 g/mol. The van der Waals surface area contributed by atoms with Crippen molar-refractivity contribution in [3.8, 4) is 0 Å². The van der Waals surface area contributed by atoms with Gasteiger partial charge in [-0.2, -0.15) is 0 Å². The molecule has 0 radical (unpaired) electrons. The minimum atomic E-state index is -0.781. The van der Waals surface area contributed by atoms with E-state index in [1.165, 1.54) is 6.33 Å². The second-order valence-corrected chi connectivity index (χ2v) is 4.22. The summed E-state index contributed by atoms with van der Waals surface area (Å²) in [6, 6.07) is 1.75. The lowest BCUT2D eigenvalue weighted by molar-refractivity contribution is 0.147. The SMILES string of the molecule is CCCNc1cc(NC(C)(CO)CO)ncn1. The van der Waals surface area contributed by atoms with E-state index in [4.69, 9.17) is 0 Å². The van der Waals surface area contributed by atoms with Gasteiger partial charge in [0.1, 0.15) is 18.0 Å². The van der Waals surface area contributed by atoms with E-state index in [0.717, 1.165) is 18.8 Å². The fourth-order valence-corrected chi connectivity index (χ4v) is 1.21. The van der Waals surface area contributed by atoms with Crippen molar-refractivity contribution < 1.29 is 10.2 Å². The van der Waals surface area contributed by atoms with E-state index >= 15 is 0 Å². The molecule has 96 valence electrons. The lowest BCUT2D eigenvalue weighted by Gasteiger charge is -2.26. The van der Waals surface area contributed by atoms with Gasteiger partial charge in [0.05, 0.1) is 18.8 Å². The fourth-order valence-electron chi connectivity index (χ4n) is 1.21. The predicted octanol–water partition coefficient (Wildman–Crippen LogP) is 0.454. The van der Waals surface area contributed by atoms with Gasteiger partial charge in [-0.3, -0.25) is 0 Å². The molecular formula is C11H20N4O2. The lowest BCUT2D eigenvalue weighted by Crippen LogP contribution is -2.42. The Kier molecular flexibility index (Phi) is 5.11. The van der Waals surface area contributed by atoms with Crippen LogP contribution in [0.2, 0.25) is 0 Å². The van der Waals surface area contributed by atoms with Crippen LogP contribution in [-0.2, 0) is 0 Å². The second kappa shape index (κ2) is 6.36. The topological polar surface area (TPSA) is 90.3 Å². The van der Waals surface area contributed by atoms with Crippen molar-refractivity contribution in [1.29, 1.82) is 0 Å². The van der Waals surface area contributed by atoms with Crippen LogP contribution >= 0.6 is 0 Å². The molecule has 0 atom stereocenters. The Morgan fingerprint density at radius 1 is 1.24 bits per heavy atom. The Bertz CT molecular complexity index is 342. The van der Waals surface area contributed by atoms with Gasteiger partial charge in [0.15, 0.2) is 0 Å². The number of aliphatic hydroxyl groups excluding tert-OH is 2. The molecule has 0 spiro atoms. The van der Waals surface area contributed by atoms with Crippen molar-refractivity contribution in [1.82, 2.24) is 9.97 Å². The normalized spacial score (nSPS) is 11.3. The summed E-state index contributed by atoms with van der Waals surface area (Å²) in [6.07, 6.45) is 2.45. The maximum absolute atomic E-state index is 9.18. The van der Waals surface area contributed by atoms with E-state index in [0.29, 0.717) is 5.82 Å². The molecule has 1 heterocycles. The van der Waals surface area contributed by atoms with Gasteiger partial charge in [-0.05, 0) is 13.3 Å². The van der Waals surface area contributed by atoms with Crippen LogP contribution in [0.4, 0.5) is 11.6 Å². The summed E-state index contributed by atoms with van der Waals surface area (Å²) in [4.78, 5) is 8.12. The molecule has 1 rings (SSSR count). The maximum atomic E-state index is 9.18. The first-order valence-corrected chi connectivity index (χ1v) is 5.69. The van der Waals surface area contributed by atoms with E-state index in [-0.39, 0.29) is 13.2 Å². The number of nitrogens with one attached hydrogen (secondary N) is 2. The fraction of sp³-hybridized carbons (Fsp3) is 0.636. The van der Waals surface area contributed by atoms with Crippen LogP contribution in [0.5, 0.6) is 0 Å².